The molecule has 0 unspecified atom stereocenters. The van der Waals surface area contributed by atoms with Crippen molar-refractivity contribution in [2.24, 2.45) is 4.99 Å². The van der Waals surface area contributed by atoms with Crippen LogP contribution in [0.2, 0.25) is 0 Å². The topological polar surface area (TPSA) is 83.0 Å². The molecular weight excluding hydrogens is 339 g/mol. The third-order valence-electron chi connectivity index (χ3n) is 3.54. The van der Waals surface area contributed by atoms with Crippen molar-refractivity contribution in [1.82, 2.24) is 10.7 Å². The van der Waals surface area contributed by atoms with E-state index < -0.39 is 5.91 Å². The van der Waals surface area contributed by atoms with Crippen LogP contribution >= 0.6 is 0 Å². The number of carbonyl (C=O) groups excluding carboxylic acids is 2. The lowest BCUT2D eigenvalue weighted by Gasteiger charge is -2.27. The summed E-state index contributed by atoms with van der Waals surface area (Å²) in [5, 5.41) is 3.94. The number of anilines is 1. The number of benzene rings is 2. The molecule has 0 aliphatic carbocycles. The van der Waals surface area contributed by atoms with E-state index in [0.717, 1.165) is 0 Å². The first-order valence-electron chi connectivity index (χ1n) is 7.99. The highest BCUT2D eigenvalue weighted by molar-refractivity contribution is 6.39. The lowest BCUT2D eigenvalue weighted by Crippen LogP contribution is -2.56. The molecule has 2 aromatic rings. The second kappa shape index (κ2) is 8.11. The molecule has 3 rings (SSSR count). The fraction of sp³-hybridized carbons (Fsp3) is 0.167. The van der Waals surface area contributed by atoms with E-state index in [1.165, 1.54) is 29.3 Å². The number of ether oxygens (including phenoxy) is 1. The van der Waals surface area contributed by atoms with E-state index in [1.807, 2.05) is 6.07 Å². The molecule has 26 heavy (non-hydrogen) atoms. The van der Waals surface area contributed by atoms with E-state index in [9.17, 15) is 14.0 Å². The number of amides is 2. The maximum atomic E-state index is 12.8. The van der Waals surface area contributed by atoms with Crippen molar-refractivity contribution in [3.8, 4) is 5.75 Å². The number of hydrazine groups is 1. The molecule has 1 aliphatic heterocycles. The number of amidine groups is 1. The minimum absolute atomic E-state index is 0.0511. The summed E-state index contributed by atoms with van der Waals surface area (Å²) in [6, 6.07) is 14.5. The van der Waals surface area contributed by atoms with Gasteiger partial charge in [0.25, 0.3) is 11.8 Å². The Morgan fingerprint density at radius 3 is 2.65 bits per heavy atom. The van der Waals surface area contributed by atoms with E-state index >= 15 is 0 Å². The van der Waals surface area contributed by atoms with E-state index in [0.29, 0.717) is 11.4 Å². The van der Waals surface area contributed by atoms with Crippen LogP contribution in [-0.4, -0.2) is 37.3 Å². The highest BCUT2D eigenvalue weighted by Crippen LogP contribution is 2.13. The Kier molecular flexibility index (Phi) is 5.43. The van der Waals surface area contributed by atoms with Crippen LogP contribution < -0.4 is 20.5 Å². The van der Waals surface area contributed by atoms with E-state index in [-0.39, 0.29) is 37.3 Å². The lowest BCUT2D eigenvalue weighted by atomic mass is 10.3. The standard InChI is InChI=1S/C18H17FN4O3/c19-13-6-8-15(9-7-13)26-11-10-20-18(25)17-21-12-16(24)23(22-17)14-4-2-1-3-5-14/h1-9H,10-12H2,(H,20,25)(H,21,22). The van der Waals surface area contributed by atoms with Gasteiger partial charge in [-0.05, 0) is 36.4 Å². The van der Waals surface area contributed by atoms with Gasteiger partial charge in [-0.2, -0.15) is 0 Å². The molecule has 0 bridgehead atoms. The van der Waals surface area contributed by atoms with Crippen LogP contribution in [0, 0.1) is 5.82 Å². The largest absolute Gasteiger partial charge is 0.492 e. The maximum absolute atomic E-state index is 12.8. The van der Waals surface area contributed by atoms with Gasteiger partial charge >= 0.3 is 0 Å². The van der Waals surface area contributed by atoms with Crippen LogP contribution in [-0.2, 0) is 9.59 Å². The lowest BCUT2D eigenvalue weighted by molar-refractivity contribution is -0.118. The summed E-state index contributed by atoms with van der Waals surface area (Å²) in [5.74, 6) is -0.483. The third-order valence-corrected chi connectivity index (χ3v) is 3.54. The fourth-order valence-electron chi connectivity index (χ4n) is 2.28. The minimum atomic E-state index is -0.443. The first kappa shape index (κ1) is 17.4. The molecule has 1 heterocycles. The van der Waals surface area contributed by atoms with Gasteiger partial charge < -0.3 is 10.1 Å². The second-order valence-electron chi connectivity index (χ2n) is 5.40. The van der Waals surface area contributed by atoms with Crippen LogP contribution in [0.5, 0.6) is 5.75 Å². The van der Waals surface area contributed by atoms with Crippen molar-refractivity contribution in [1.29, 1.82) is 0 Å². The quantitative estimate of drug-likeness (QED) is 0.764. The van der Waals surface area contributed by atoms with Gasteiger partial charge in [0, 0.05) is 0 Å². The first-order chi connectivity index (χ1) is 12.6. The molecule has 0 radical (unpaired) electrons. The number of carbonyl (C=O) groups is 2. The number of rotatable bonds is 6. The van der Waals surface area contributed by atoms with Gasteiger partial charge in [-0.25, -0.2) is 9.40 Å². The Hall–Kier alpha value is -3.42. The third kappa shape index (κ3) is 4.35. The molecule has 2 aromatic carbocycles. The molecule has 0 fully saturated rings. The molecule has 0 atom stereocenters. The minimum Gasteiger partial charge on any atom is -0.492 e. The van der Waals surface area contributed by atoms with Crippen LogP contribution in [0.3, 0.4) is 0 Å². The van der Waals surface area contributed by atoms with Crippen molar-refractivity contribution >= 4 is 23.3 Å². The molecule has 0 aromatic heterocycles. The van der Waals surface area contributed by atoms with E-state index in [2.05, 4.69) is 15.7 Å². The monoisotopic (exact) mass is 356 g/mol. The zero-order valence-electron chi connectivity index (χ0n) is 13.8. The number of nitrogens with zero attached hydrogens (tertiary/aromatic N) is 2. The van der Waals surface area contributed by atoms with Crippen molar-refractivity contribution in [2.75, 3.05) is 24.7 Å². The maximum Gasteiger partial charge on any atom is 0.288 e. The molecule has 0 spiro atoms. The number of para-hydroxylation sites is 1. The summed E-state index contributed by atoms with van der Waals surface area (Å²) < 4.78 is 18.2. The predicted octanol–water partition coefficient (Wildman–Crippen LogP) is 1.27. The molecule has 2 amide bonds. The summed E-state index contributed by atoms with van der Waals surface area (Å²) in [6.07, 6.45) is 0. The van der Waals surface area contributed by atoms with Gasteiger partial charge in [-0.1, -0.05) is 18.2 Å². The van der Waals surface area contributed by atoms with Crippen LogP contribution in [0.1, 0.15) is 0 Å². The van der Waals surface area contributed by atoms with Gasteiger partial charge in [-0.15, -0.1) is 0 Å². The number of aliphatic imine (C=N–C) groups is 1. The zero-order chi connectivity index (χ0) is 18.4. The summed E-state index contributed by atoms with van der Waals surface area (Å²) >= 11 is 0. The van der Waals surface area contributed by atoms with Gasteiger partial charge in [0.15, 0.2) is 0 Å². The van der Waals surface area contributed by atoms with Gasteiger partial charge in [0.05, 0.1) is 12.2 Å². The van der Waals surface area contributed by atoms with Gasteiger partial charge in [0.1, 0.15) is 24.7 Å². The Bertz CT molecular complexity index is 809. The predicted molar refractivity (Wildman–Crippen MR) is 94.3 cm³/mol. The van der Waals surface area contributed by atoms with Crippen molar-refractivity contribution in [3.05, 3.63) is 60.4 Å². The molecule has 134 valence electrons. The smallest absolute Gasteiger partial charge is 0.288 e. The summed E-state index contributed by atoms with van der Waals surface area (Å²) in [5.41, 5.74) is 3.35. The molecule has 2 N–H and O–H groups in total. The Morgan fingerprint density at radius 1 is 1.19 bits per heavy atom. The highest BCUT2D eigenvalue weighted by Gasteiger charge is 2.25. The van der Waals surface area contributed by atoms with Crippen LogP contribution in [0.15, 0.2) is 59.6 Å². The van der Waals surface area contributed by atoms with Crippen molar-refractivity contribution in [2.45, 2.75) is 0 Å². The fourth-order valence-corrected chi connectivity index (χ4v) is 2.28. The van der Waals surface area contributed by atoms with Crippen LogP contribution in [0.25, 0.3) is 0 Å². The summed E-state index contributed by atoms with van der Waals surface area (Å²) in [7, 11) is 0. The molecule has 8 heteroatoms. The molecule has 0 saturated heterocycles. The molecule has 0 saturated carbocycles. The Labute approximate surface area is 149 Å². The summed E-state index contributed by atoms with van der Waals surface area (Å²) in [4.78, 5) is 28.1. The molecule has 1 aliphatic rings. The molecular formula is C18H17FN4O3. The average molecular weight is 356 g/mol. The van der Waals surface area contributed by atoms with Crippen LogP contribution in [0.4, 0.5) is 10.1 Å². The number of halogens is 1. The highest BCUT2D eigenvalue weighted by atomic mass is 19.1. The number of nitrogens with one attached hydrogen (secondary N) is 2. The van der Waals surface area contributed by atoms with Gasteiger partial charge in [-0.3, -0.25) is 20.0 Å². The number of hydrogen-bond acceptors (Lipinski definition) is 5. The van der Waals surface area contributed by atoms with E-state index in [4.69, 9.17) is 4.74 Å². The SMILES string of the molecule is O=C(NCCOc1ccc(F)cc1)C1=NCC(=O)N(c2ccccc2)N1. The van der Waals surface area contributed by atoms with Gasteiger partial charge in [0.2, 0.25) is 5.84 Å². The normalized spacial score (nSPS) is 13.7. The van der Waals surface area contributed by atoms with Crippen molar-refractivity contribution in [3.63, 3.8) is 0 Å². The second-order valence-corrected chi connectivity index (χ2v) is 5.40. The van der Waals surface area contributed by atoms with Crippen molar-refractivity contribution < 1.29 is 18.7 Å². The average Bonchev–Trinajstić information content (AvgIpc) is 2.67. The molecule has 7 nitrogen and oxygen atoms in total. The first-order valence-corrected chi connectivity index (χ1v) is 7.99. The Morgan fingerprint density at radius 2 is 1.92 bits per heavy atom. The number of hydrogen-bond donors (Lipinski definition) is 2. The zero-order valence-corrected chi connectivity index (χ0v) is 13.8. The Balaban J connectivity index is 1.50. The van der Waals surface area contributed by atoms with E-state index in [1.54, 1.807) is 24.3 Å². The summed E-state index contributed by atoms with van der Waals surface area (Å²) in [6.45, 7) is 0.332.